The van der Waals surface area contributed by atoms with Crippen molar-refractivity contribution in [3.8, 4) is 0 Å². The second-order valence-electron chi connectivity index (χ2n) is 5.29. The Kier molecular flexibility index (Phi) is 10.0. The van der Waals surface area contributed by atoms with Gasteiger partial charge >= 0.3 is 0 Å². The van der Waals surface area contributed by atoms with Crippen LogP contribution >= 0.6 is 0 Å². The maximum Gasteiger partial charge on any atom is 0.251 e. The summed E-state index contributed by atoms with van der Waals surface area (Å²) in [6.07, 6.45) is 1.76. The number of hydrazine groups is 1. The third-order valence-electron chi connectivity index (χ3n) is 3.15. The monoisotopic (exact) mass is 330 g/mol. The summed E-state index contributed by atoms with van der Waals surface area (Å²) in [6.45, 7) is 6.15. The number of hydrogen-bond donors (Lipinski definition) is 4. The summed E-state index contributed by atoms with van der Waals surface area (Å²) < 4.78 is 0. The number of nitrogens with zero attached hydrogens (tertiary/aromatic N) is 2. The van der Waals surface area contributed by atoms with Crippen LogP contribution in [0, 0.1) is 16.0 Å². The zero-order chi connectivity index (χ0) is 17.8. The van der Waals surface area contributed by atoms with E-state index in [0.717, 1.165) is 6.42 Å². The zero-order valence-corrected chi connectivity index (χ0v) is 13.8. The van der Waals surface area contributed by atoms with Crippen LogP contribution in [0.1, 0.15) is 40.0 Å². The van der Waals surface area contributed by atoms with Crippen LogP contribution in [0.15, 0.2) is 4.99 Å². The maximum atomic E-state index is 12.1. The number of nitrogens with two attached hydrogens (primary N) is 1. The molecule has 10 nitrogen and oxygen atoms in total. The van der Waals surface area contributed by atoms with E-state index in [0.29, 0.717) is 25.3 Å². The van der Waals surface area contributed by atoms with Crippen molar-refractivity contribution in [1.82, 2.24) is 16.1 Å². The van der Waals surface area contributed by atoms with E-state index >= 15 is 0 Å². The van der Waals surface area contributed by atoms with Gasteiger partial charge in [0.15, 0.2) is 5.03 Å². The first-order valence-corrected chi connectivity index (χ1v) is 7.52. The van der Waals surface area contributed by atoms with E-state index in [1.165, 1.54) is 6.92 Å². The van der Waals surface area contributed by atoms with Crippen molar-refractivity contribution in [3.63, 3.8) is 0 Å². The van der Waals surface area contributed by atoms with Crippen molar-refractivity contribution >= 4 is 17.8 Å². The molecule has 0 spiro atoms. The second-order valence-corrected chi connectivity index (χ2v) is 5.29. The molecule has 0 aromatic carbocycles. The molecule has 0 aliphatic heterocycles. The molecule has 0 aliphatic carbocycles. The summed E-state index contributed by atoms with van der Waals surface area (Å²) in [5.74, 6) is -0.491. The van der Waals surface area contributed by atoms with Crippen molar-refractivity contribution in [1.29, 1.82) is 0 Å². The molecule has 5 N–H and O–H groups in total. The Hall–Kier alpha value is -2.39. The Balaban J connectivity index is 4.36. The van der Waals surface area contributed by atoms with Gasteiger partial charge in [-0.1, -0.05) is 25.7 Å². The lowest BCUT2D eigenvalue weighted by atomic mass is 10.1. The quantitative estimate of drug-likeness (QED) is 0.140. The fraction of sp³-hybridized carbons (Fsp3) is 0.769. The molecule has 1 unspecified atom stereocenters. The van der Waals surface area contributed by atoms with E-state index < -0.39 is 11.1 Å². The fourth-order valence-corrected chi connectivity index (χ4v) is 1.68. The molecule has 0 aromatic heterocycles. The lowest BCUT2D eigenvalue weighted by Crippen LogP contribution is -2.47. The predicted octanol–water partition coefficient (Wildman–Crippen LogP) is -0.470. The van der Waals surface area contributed by atoms with E-state index in [-0.39, 0.29) is 24.3 Å². The average Bonchev–Trinajstić information content (AvgIpc) is 2.46. The normalized spacial score (nSPS) is 13.8. The van der Waals surface area contributed by atoms with Gasteiger partial charge in [0.2, 0.25) is 11.8 Å². The summed E-state index contributed by atoms with van der Waals surface area (Å²) in [4.78, 5) is 37.2. The van der Waals surface area contributed by atoms with Crippen LogP contribution < -0.4 is 21.8 Å². The molecule has 0 bridgehead atoms. The summed E-state index contributed by atoms with van der Waals surface area (Å²) in [6, 6.07) is -0.656. The minimum Gasteiger partial charge on any atom is -0.365 e. The molecule has 0 aromatic rings. The number of guanidine groups is 1. The lowest BCUT2D eigenvalue weighted by Gasteiger charge is -2.18. The summed E-state index contributed by atoms with van der Waals surface area (Å²) in [5, 5.41) is 14.7. The van der Waals surface area contributed by atoms with Crippen molar-refractivity contribution in [3.05, 3.63) is 10.1 Å². The van der Waals surface area contributed by atoms with E-state index in [4.69, 9.17) is 5.73 Å². The van der Waals surface area contributed by atoms with E-state index in [9.17, 15) is 19.7 Å². The summed E-state index contributed by atoms with van der Waals surface area (Å²) in [5.41, 5.74) is 7.00. The van der Waals surface area contributed by atoms with Gasteiger partial charge in [-0.05, 0) is 18.8 Å². The third-order valence-corrected chi connectivity index (χ3v) is 3.15. The first-order valence-electron chi connectivity index (χ1n) is 7.52. The first-order chi connectivity index (χ1) is 10.8. The molecule has 0 aliphatic rings. The number of nitro groups is 1. The number of hydrogen-bond acceptors (Lipinski definition) is 5. The van der Waals surface area contributed by atoms with Crippen LogP contribution in [0.2, 0.25) is 0 Å². The predicted molar refractivity (Wildman–Crippen MR) is 85.9 cm³/mol. The summed E-state index contributed by atoms with van der Waals surface area (Å²) in [7, 11) is 0. The minimum absolute atomic E-state index is 0.210. The number of carbonyl (C=O) groups is 2. The van der Waals surface area contributed by atoms with Crippen LogP contribution in [-0.2, 0) is 9.59 Å². The lowest BCUT2D eigenvalue weighted by molar-refractivity contribution is -0.525. The number of nitrogens with one attached hydrogen (secondary N) is 3. The van der Waals surface area contributed by atoms with Gasteiger partial charge in [-0.25, -0.2) is 15.1 Å². The largest absolute Gasteiger partial charge is 0.365 e. The molecular formula is C13H26N6O4. The van der Waals surface area contributed by atoms with Crippen molar-refractivity contribution in [2.24, 2.45) is 16.6 Å². The zero-order valence-electron chi connectivity index (χ0n) is 13.8. The van der Waals surface area contributed by atoms with Crippen LogP contribution in [0.25, 0.3) is 0 Å². The molecule has 0 fully saturated rings. The second kappa shape index (κ2) is 11.2. The first kappa shape index (κ1) is 20.6. The Labute approximate surface area is 135 Å². The maximum absolute atomic E-state index is 12.1. The highest BCUT2D eigenvalue weighted by atomic mass is 16.7. The van der Waals surface area contributed by atoms with Gasteiger partial charge in [-0.15, -0.1) is 0 Å². The van der Waals surface area contributed by atoms with Gasteiger partial charge in [-0.3, -0.25) is 9.59 Å². The topological polar surface area (TPSA) is 152 Å². The molecule has 0 saturated carbocycles. The molecule has 2 amide bonds. The number of amides is 2. The average molecular weight is 330 g/mol. The molecule has 23 heavy (non-hydrogen) atoms. The van der Waals surface area contributed by atoms with Crippen molar-refractivity contribution < 1.29 is 14.6 Å². The highest BCUT2D eigenvalue weighted by molar-refractivity contribution is 5.86. The van der Waals surface area contributed by atoms with Gasteiger partial charge in [0.05, 0.1) is 0 Å². The number of carbonyl (C=O) groups excluding carboxylic acids is 2. The Morgan fingerprint density at radius 2 is 2.04 bits per heavy atom. The third kappa shape index (κ3) is 10.9. The van der Waals surface area contributed by atoms with Gasteiger partial charge in [0, 0.05) is 20.0 Å². The van der Waals surface area contributed by atoms with Crippen LogP contribution in [-0.4, -0.2) is 41.9 Å². The number of rotatable bonds is 10. The smallest absolute Gasteiger partial charge is 0.251 e. The van der Waals surface area contributed by atoms with Gasteiger partial charge in [0.1, 0.15) is 6.04 Å². The van der Waals surface area contributed by atoms with Crippen molar-refractivity contribution in [2.45, 2.75) is 46.1 Å². The van der Waals surface area contributed by atoms with Crippen LogP contribution in [0.5, 0.6) is 0 Å². The molecule has 0 heterocycles. The van der Waals surface area contributed by atoms with Gasteiger partial charge in [0.25, 0.3) is 5.96 Å². The van der Waals surface area contributed by atoms with Crippen LogP contribution in [0.4, 0.5) is 0 Å². The molecule has 132 valence electrons. The minimum atomic E-state index is -0.804. The van der Waals surface area contributed by atoms with E-state index in [1.54, 1.807) is 5.43 Å². The molecule has 0 rings (SSSR count). The Morgan fingerprint density at radius 1 is 1.39 bits per heavy atom. The standard InChI is InChI=1S/C13H26N6O4/c1-4-9(2)8-16-12(21)11(17-10(3)20)6-5-7-15-13(14)18-19(22)23/h9,11H,4-8H2,1-3H3,(H,16,21)(H,17,20)(H3,14,15,18)/t9?,11-/m0/s1. The van der Waals surface area contributed by atoms with Crippen LogP contribution in [0.3, 0.4) is 0 Å². The van der Waals surface area contributed by atoms with E-state index in [2.05, 4.69) is 15.6 Å². The van der Waals surface area contributed by atoms with E-state index in [1.807, 2.05) is 13.8 Å². The molecule has 0 radical (unpaired) electrons. The Morgan fingerprint density at radius 3 is 2.57 bits per heavy atom. The van der Waals surface area contributed by atoms with Gasteiger partial charge in [-0.2, -0.15) is 0 Å². The SMILES string of the molecule is CCC(C)CNC(=O)[C@H](CCCN=C(N)N[N+](=O)[O-])NC(C)=O. The highest BCUT2D eigenvalue weighted by Crippen LogP contribution is 2.01. The molecule has 0 saturated heterocycles. The summed E-state index contributed by atoms with van der Waals surface area (Å²) >= 11 is 0. The van der Waals surface area contributed by atoms with Gasteiger partial charge < -0.3 is 16.4 Å². The number of aliphatic imine (C=N–C) groups is 1. The molecule has 10 heteroatoms. The molecule has 2 atom stereocenters. The fourth-order valence-electron chi connectivity index (χ4n) is 1.68. The van der Waals surface area contributed by atoms with Crippen molar-refractivity contribution in [2.75, 3.05) is 13.1 Å². The molecular weight excluding hydrogens is 304 g/mol. The highest BCUT2D eigenvalue weighted by Gasteiger charge is 2.19. The Bertz CT molecular complexity index is 440.